The van der Waals surface area contributed by atoms with Crippen LogP contribution in [0.2, 0.25) is 0 Å². The van der Waals surface area contributed by atoms with E-state index < -0.39 is 6.10 Å². The van der Waals surface area contributed by atoms with Gasteiger partial charge in [-0.2, -0.15) is 0 Å². The first-order valence-corrected chi connectivity index (χ1v) is 7.73. The fourth-order valence-corrected chi connectivity index (χ4v) is 2.44. The molecule has 0 aliphatic carbocycles. The molecule has 120 valence electrons. The second kappa shape index (κ2) is 8.20. The summed E-state index contributed by atoms with van der Waals surface area (Å²) in [5, 5.41) is 19.8. The van der Waals surface area contributed by atoms with Gasteiger partial charge < -0.3 is 14.8 Å². The van der Waals surface area contributed by atoms with Crippen LogP contribution in [0.4, 0.5) is 0 Å². The van der Waals surface area contributed by atoms with Gasteiger partial charge in [0.15, 0.2) is 5.75 Å². The van der Waals surface area contributed by atoms with E-state index in [-0.39, 0.29) is 11.2 Å². The topological polar surface area (TPSA) is 65.7 Å². The number of hydrogen-bond acceptors (Lipinski definition) is 4. The highest BCUT2D eigenvalue weighted by molar-refractivity contribution is 5.29. The Balaban J connectivity index is 3.15. The summed E-state index contributed by atoms with van der Waals surface area (Å²) in [5.74, 6) is -0.198. The van der Waals surface area contributed by atoms with Crippen molar-refractivity contribution < 1.29 is 10.2 Å². The molecular formula is C16H28N2O3. The first kappa shape index (κ1) is 17.7. The molecule has 0 saturated carbocycles. The van der Waals surface area contributed by atoms with Gasteiger partial charge in [0.2, 0.25) is 5.43 Å². The Morgan fingerprint density at radius 2 is 2.05 bits per heavy atom. The molecule has 2 N–H and O–H groups in total. The van der Waals surface area contributed by atoms with E-state index in [0.717, 1.165) is 31.6 Å². The number of aliphatic hydroxyl groups excluding tert-OH is 1. The van der Waals surface area contributed by atoms with Crippen molar-refractivity contribution in [2.45, 2.75) is 59.7 Å². The Morgan fingerprint density at radius 3 is 2.57 bits per heavy atom. The lowest BCUT2D eigenvalue weighted by Gasteiger charge is -2.25. The third-order valence-electron chi connectivity index (χ3n) is 3.69. The van der Waals surface area contributed by atoms with Crippen LogP contribution >= 0.6 is 0 Å². The van der Waals surface area contributed by atoms with Crippen LogP contribution in [0.1, 0.15) is 45.0 Å². The summed E-state index contributed by atoms with van der Waals surface area (Å²) in [6.45, 7) is 10.4. The minimum atomic E-state index is -0.532. The Kier molecular flexibility index (Phi) is 6.92. The smallest absolute Gasteiger partial charge is 0.223 e. The molecule has 21 heavy (non-hydrogen) atoms. The van der Waals surface area contributed by atoms with Gasteiger partial charge in [-0.15, -0.1) is 0 Å². The minimum absolute atomic E-state index is 0.198. The molecule has 1 aromatic rings. The van der Waals surface area contributed by atoms with Gasteiger partial charge in [-0.1, -0.05) is 20.3 Å². The van der Waals surface area contributed by atoms with Crippen LogP contribution in [0.25, 0.3) is 0 Å². The second-order valence-corrected chi connectivity index (χ2v) is 5.63. The molecule has 0 aliphatic heterocycles. The summed E-state index contributed by atoms with van der Waals surface area (Å²) in [6, 6.07) is 1.42. The van der Waals surface area contributed by atoms with Crippen molar-refractivity contribution in [1.82, 2.24) is 9.47 Å². The molecule has 0 aromatic carbocycles. The van der Waals surface area contributed by atoms with Crippen molar-refractivity contribution in [2.75, 3.05) is 13.1 Å². The van der Waals surface area contributed by atoms with Crippen LogP contribution in [-0.2, 0) is 13.1 Å². The van der Waals surface area contributed by atoms with E-state index in [1.54, 1.807) is 6.92 Å². The first-order valence-electron chi connectivity index (χ1n) is 7.73. The van der Waals surface area contributed by atoms with Crippen molar-refractivity contribution >= 4 is 0 Å². The highest BCUT2D eigenvalue weighted by Crippen LogP contribution is 2.18. The monoisotopic (exact) mass is 296 g/mol. The number of pyridine rings is 1. The maximum Gasteiger partial charge on any atom is 0.223 e. The summed E-state index contributed by atoms with van der Waals surface area (Å²) >= 11 is 0. The number of nitrogens with zero attached hydrogens (tertiary/aromatic N) is 2. The van der Waals surface area contributed by atoms with Gasteiger partial charge in [0.1, 0.15) is 0 Å². The van der Waals surface area contributed by atoms with Gasteiger partial charge in [-0.05, 0) is 33.4 Å². The standard InChI is InChI=1S/C16H28N2O3/c1-5-7-8-17(6-2)11-14-16(21)15(20)9-12(3)18(14)10-13(4)19/h9,13,19,21H,5-8,10-11H2,1-4H3. The fourth-order valence-electron chi connectivity index (χ4n) is 2.44. The zero-order valence-corrected chi connectivity index (χ0v) is 13.6. The van der Waals surface area contributed by atoms with Crippen LogP contribution in [-0.4, -0.2) is 38.9 Å². The molecule has 0 saturated heterocycles. The zero-order chi connectivity index (χ0) is 16.0. The quantitative estimate of drug-likeness (QED) is 0.768. The summed E-state index contributed by atoms with van der Waals surface area (Å²) < 4.78 is 1.84. The molecule has 5 nitrogen and oxygen atoms in total. The van der Waals surface area contributed by atoms with E-state index in [9.17, 15) is 15.0 Å². The summed E-state index contributed by atoms with van der Waals surface area (Å²) in [7, 11) is 0. The molecule has 0 amide bonds. The SMILES string of the molecule is CCCCN(CC)Cc1c(O)c(=O)cc(C)n1CC(C)O. The highest BCUT2D eigenvalue weighted by atomic mass is 16.3. The highest BCUT2D eigenvalue weighted by Gasteiger charge is 2.16. The summed E-state index contributed by atoms with van der Waals surface area (Å²) in [5.41, 5.74) is 1.01. The first-order chi connectivity index (χ1) is 9.90. The fraction of sp³-hybridized carbons (Fsp3) is 0.688. The van der Waals surface area contributed by atoms with Gasteiger partial charge in [0, 0.05) is 24.8 Å². The van der Waals surface area contributed by atoms with Gasteiger partial charge in [-0.3, -0.25) is 9.69 Å². The predicted molar refractivity (Wildman–Crippen MR) is 84.6 cm³/mol. The number of rotatable bonds is 8. The number of hydrogen-bond donors (Lipinski definition) is 2. The Hall–Kier alpha value is -1.33. The molecule has 0 radical (unpaired) electrons. The molecule has 5 heteroatoms. The van der Waals surface area contributed by atoms with Crippen molar-refractivity contribution in [3.05, 3.63) is 27.7 Å². The molecule has 1 aromatic heterocycles. The average molecular weight is 296 g/mol. The lowest BCUT2D eigenvalue weighted by Crippen LogP contribution is -2.29. The van der Waals surface area contributed by atoms with Crippen molar-refractivity contribution in [2.24, 2.45) is 0 Å². The molecule has 1 rings (SSSR count). The van der Waals surface area contributed by atoms with Gasteiger partial charge in [0.25, 0.3) is 0 Å². The molecule has 1 atom stereocenters. The summed E-state index contributed by atoms with van der Waals surface area (Å²) in [6.07, 6.45) is 1.66. The van der Waals surface area contributed by atoms with Crippen molar-refractivity contribution in [3.8, 4) is 5.75 Å². The van der Waals surface area contributed by atoms with E-state index in [4.69, 9.17) is 0 Å². The lowest BCUT2D eigenvalue weighted by atomic mass is 10.2. The third kappa shape index (κ3) is 4.86. The number of aromatic nitrogens is 1. The maximum atomic E-state index is 11.8. The van der Waals surface area contributed by atoms with Crippen LogP contribution in [0.15, 0.2) is 10.9 Å². The van der Waals surface area contributed by atoms with E-state index in [0.29, 0.717) is 18.8 Å². The zero-order valence-electron chi connectivity index (χ0n) is 13.6. The molecule has 0 fully saturated rings. The van der Waals surface area contributed by atoms with Gasteiger partial charge in [-0.25, -0.2) is 0 Å². The van der Waals surface area contributed by atoms with Crippen LogP contribution < -0.4 is 5.43 Å². The lowest BCUT2D eigenvalue weighted by molar-refractivity contribution is 0.167. The average Bonchev–Trinajstić information content (AvgIpc) is 2.43. The van der Waals surface area contributed by atoms with E-state index >= 15 is 0 Å². The Bertz CT molecular complexity index is 509. The van der Waals surface area contributed by atoms with E-state index in [2.05, 4.69) is 18.7 Å². The Morgan fingerprint density at radius 1 is 1.38 bits per heavy atom. The molecule has 1 heterocycles. The minimum Gasteiger partial charge on any atom is -0.503 e. The summed E-state index contributed by atoms with van der Waals surface area (Å²) in [4.78, 5) is 14.0. The third-order valence-corrected chi connectivity index (χ3v) is 3.69. The van der Waals surface area contributed by atoms with Gasteiger partial charge >= 0.3 is 0 Å². The molecule has 0 aliphatic rings. The van der Waals surface area contributed by atoms with Crippen LogP contribution in [0.3, 0.4) is 0 Å². The van der Waals surface area contributed by atoms with E-state index in [1.807, 2.05) is 11.5 Å². The molecule has 1 unspecified atom stereocenters. The van der Waals surface area contributed by atoms with Crippen molar-refractivity contribution in [1.29, 1.82) is 0 Å². The molecular weight excluding hydrogens is 268 g/mol. The van der Waals surface area contributed by atoms with Crippen molar-refractivity contribution in [3.63, 3.8) is 0 Å². The molecule has 0 spiro atoms. The predicted octanol–water partition coefficient (Wildman–Crippen LogP) is 1.87. The second-order valence-electron chi connectivity index (χ2n) is 5.63. The van der Waals surface area contributed by atoms with Gasteiger partial charge in [0.05, 0.1) is 11.8 Å². The van der Waals surface area contributed by atoms with Crippen LogP contribution in [0.5, 0.6) is 5.75 Å². The number of aryl methyl sites for hydroxylation is 1. The number of aromatic hydroxyl groups is 1. The van der Waals surface area contributed by atoms with Crippen LogP contribution in [0, 0.1) is 6.92 Å². The number of aliphatic hydroxyl groups is 1. The normalized spacial score (nSPS) is 12.9. The molecule has 0 bridgehead atoms. The Labute approximate surface area is 126 Å². The largest absolute Gasteiger partial charge is 0.503 e. The number of unbranched alkanes of at least 4 members (excludes halogenated alkanes) is 1. The van der Waals surface area contributed by atoms with E-state index in [1.165, 1.54) is 6.07 Å². The maximum absolute atomic E-state index is 11.8.